The number of thiophene rings is 1. The van der Waals surface area contributed by atoms with Crippen LogP contribution in [0, 0.1) is 13.8 Å². The summed E-state index contributed by atoms with van der Waals surface area (Å²) in [5, 5.41) is 0. The fourth-order valence-electron chi connectivity index (χ4n) is 2.89. The van der Waals surface area contributed by atoms with E-state index in [4.69, 9.17) is 0 Å². The maximum absolute atomic E-state index is 12.7. The zero-order valence-electron chi connectivity index (χ0n) is 12.2. The first-order valence-electron chi connectivity index (χ1n) is 7.38. The van der Waals surface area contributed by atoms with Crippen LogP contribution in [0.3, 0.4) is 0 Å². The van der Waals surface area contributed by atoms with Gasteiger partial charge in [0.15, 0.2) is 0 Å². The Labute approximate surface area is 124 Å². The molecule has 0 unspecified atom stereocenters. The van der Waals surface area contributed by atoms with E-state index in [0.29, 0.717) is 0 Å². The van der Waals surface area contributed by atoms with Crippen molar-refractivity contribution in [3.63, 3.8) is 0 Å². The molecule has 1 aliphatic rings. The van der Waals surface area contributed by atoms with Crippen molar-refractivity contribution in [3.05, 3.63) is 56.3 Å². The van der Waals surface area contributed by atoms with E-state index < -0.39 is 0 Å². The quantitative estimate of drug-likeness (QED) is 0.568. The summed E-state index contributed by atoms with van der Waals surface area (Å²) in [5.74, 6) is 0.198. The standard InChI is InChI=1S/C18H20OS/c1-12-8-9-13(2)15(10-12)18(19)17-11-14-6-4-3-5-7-16(14)20-17/h8-11H,3-7H2,1-2H3. The first-order valence-corrected chi connectivity index (χ1v) is 8.20. The van der Waals surface area contributed by atoms with E-state index in [-0.39, 0.29) is 5.78 Å². The Morgan fingerprint density at radius 1 is 1.05 bits per heavy atom. The van der Waals surface area contributed by atoms with Crippen molar-refractivity contribution in [3.8, 4) is 0 Å². The van der Waals surface area contributed by atoms with Gasteiger partial charge >= 0.3 is 0 Å². The Morgan fingerprint density at radius 3 is 2.70 bits per heavy atom. The highest BCUT2D eigenvalue weighted by molar-refractivity contribution is 7.14. The van der Waals surface area contributed by atoms with Gasteiger partial charge in [-0.05, 0) is 62.8 Å². The first-order chi connectivity index (χ1) is 9.65. The van der Waals surface area contributed by atoms with Gasteiger partial charge in [0.2, 0.25) is 5.78 Å². The van der Waals surface area contributed by atoms with Gasteiger partial charge < -0.3 is 0 Å². The molecule has 2 aromatic rings. The van der Waals surface area contributed by atoms with Gasteiger partial charge in [-0.2, -0.15) is 0 Å². The number of hydrogen-bond donors (Lipinski definition) is 0. The number of fused-ring (bicyclic) bond motifs is 1. The van der Waals surface area contributed by atoms with Crippen molar-refractivity contribution in [2.24, 2.45) is 0 Å². The van der Waals surface area contributed by atoms with Gasteiger partial charge in [-0.25, -0.2) is 0 Å². The highest BCUT2D eigenvalue weighted by Crippen LogP contribution is 2.30. The molecule has 1 aliphatic carbocycles. The molecule has 0 spiro atoms. The van der Waals surface area contributed by atoms with Crippen LogP contribution in [-0.4, -0.2) is 5.78 Å². The number of carbonyl (C=O) groups is 1. The summed E-state index contributed by atoms with van der Waals surface area (Å²) in [6.45, 7) is 4.06. The van der Waals surface area contributed by atoms with E-state index in [1.54, 1.807) is 11.3 Å². The molecule has 3 rings (SSSR count). The third-order valence-electron chi connectivity index (χ3n) is 4.11. The summed E-state index contributed by atoms with van der Waals surface area (Å²) in [6.07, 6.45) is 6.15. The molecule has 0 aliphatic heterocycles. The fraction of sp³-hybridized carbons (Fsp3) is 0.389. The van der Waals surface area contributed by atoms with Gasteiger partial charge in [0, 0.05) is 10.4 Å². The molecule has 1 aromatic carbocycles. The van der Waals surface area contributed by atoms with Crippen LogP contribution in [0.5, 0.6) is 0 Å². The molecule has 1 nitrogen and oxygen atoms in total. The Kier molecular flexibility index (Phi) is 3.75. The number of carbonyl (C=O) groups excluding carboxylic acids is 1. The largest absolute Gasteiger partial charge is 0.288 e. The summed E-state index contributed by atoms with van der Waals surface area (Å²) in [7, 11) is 0. The zero-order valence-corrected chi connectivity index (χ0v) is 13.0. The molecule has 0 bridgehead atoms. The lowest BCUT2D eigenvalue weighted by atomic mass is 10.0. The van der Waals surface area contributed by atoms with Gasteiger partial charge in [-0.1, -0.05) is 24.1 Å². The Bertz CT molecular complexity index is 628. The van der Waals surface area contributed by atoms with E-state index in [1.807, 2.05) is 26.0 Å². The lowest BCUT2D eigenvalue weighted by molar-refractivity contribution is 0.104. The molecule has 0 amide bonds. The van der Waals surface area contributed by atoms with Crippen molar-refractivity contribution in [1.29, 1.82) is 0 Å². The highest BCUT2D eigenvalue weighted by Gasteiger charge is 2.18. The van der Waals surface area contributed by atoms with E-state index >= 15 is 0 Å². The van der Waals surface area contributed by atoms with Crippen molar-refractivity contribution in [2.45, 2.75) is 46.0 Å². The molecule has 0 fully saturated rings. The molecule has 0 atom stereocenters. The third kappa shape index (κ3) is 2.57. The lowest BCUT2D eigenvalue weighted by Crippen LogP contribution is -2.02. The van der Waals surface area contributed by atoms with Crippen molar-refractivity contribution in [1.82, 2.24) is 0 Å². The molecule has 0 N–H and O–H groups in total. The van der Waals surface area contributed by atoms with Crippen molar-refractivity contribution < 1.29 is 4.79 Å². The fourth-order valence-corrected chi connectivity index (χ4v) is 4.10. The predicted molar refractivity (Wildman–Crippen MR) is 84.9 cm³/mol. The lowest BCUT2D eigenvalue weighted by Gasteiger charge is -2.04. The number of aryl methyl sites for hydroxylation is 4. The molecule has 2 heteroatoms. The van der Waals surface area contributed by atoms with Gasteiger partial charge in [-0.3, -0.25) is 4.79 Å². The highest BCUT2D eigenvalue weighted by atomic mass is 32.1. The van der Waals surface area contributed by atoms with Crippen molar-refractivity contribution >= 4 is 17.1 Å². The molecule has 1 aromatic heterocycles. The Balaban J connectivity index is 1.96. The monoisotopic (exact) mass is 284 g/mol. The molecule has 1 heterocycles. The average Bonchev–Trinajstić information content (AvgIpc) is 2.72. The van der Waals surface area contributed by atoms with E-state index in [1.165, 1.54) is 29.7 Å². The summed E-state index contributed by atoms with van der Waals surface area (Å²) >= 11 is 1.72. The van der Waals surface area contributed by atoms with Crippen LogP contribution in [0.2, 0.25) is 0 Å². The van der Waals surface area contributed by atoms with Crippen LogP contribution in [0.15, 0.2) is 24.3 Å². The minimum Gasteiger partial charge on any atom is -0.288 e. The van der Waals surface area contributed by atoms with Crippen LogP contribution in [0.25, 0.3) is 0 Å². The Morgan fingerprint density at radius 2 is 1.85 bits per heavy atom. The SMILES string of the molecule is Cc1ccc(C)c(C(=O)c2cc3c(s2)CCCCC3)c1. The summed E-state index contributed by atoms with van der Waals surface area (Å²) < 4.78 is 0. The maximum atomic E-state index is 12.7. The number of benzene rings is 1. The minimum absolute atomic E-state index is 0.198. The number of ketones is 1. The van der Waals surface area contributed by atoms with E-state index in [2.05, 4.69) is 12.1 Å². The summed E-state index contributed by atoms with van der Waals surface area (Å²) in [4.78, 5) is 15.1. The van der Waals surface area contributed by atoms with Crippen molar-refractivity contribution in [2.75, 3.05) is 0 Å². The molecular weight excluding hydrogens is 264 g/mol. The topological polar surface area (TPSA) is 17.1 Å². The van der Waals surface area contributed by atoms with Crippen LogP contribution >= 0.6 is 11.3 Å². The van der Waals surface area contributed by atoms with Gasteiger partial charge in [0.05, 0.1) is 4.88 Å². The first kappa shape index (κ1) is 13.6. The predicted octanol–water partition coefficient (Wildman–Crippen LogP) is 4.86. The molecule has 0 saturated carbocycles. The van der Waals surface area contributed by atoms with Crippen LogP contribution in [0.1, 0.15) is 56.1 Å². The number of hydrogen-bond acceptors (Lipinski definition) is 2. The second kappa shape index (κ2) is 5.53. The van der Waals surface area contributed by atoms with Crippen LogP contribution < -0.4 is 0 Å². The summed E-state index contributed by atoms with van der Waals surface area (Å²) in [6, 6.07) is 8.27. The maximum Gasteiger partial charge on any atom is 0.203 e. The van der Waals surface area contributed by atoms with E-state index in [9.17, 15) is 4.79 Å². The number of rotatable bonds is 2. The minimum atomic E-state index is 0.198. The second-order valence-corrected chi connectivity index (χ2v) is 6.90. The zero-order chi connectivity index (χ0) is 14.1. The van der Waals surface area contributed by atoms with Gasteiger partial charge in [-0.15, -0.1) is 11.3 Å². The molecular formula is C18H20OS. The molecule has 20 heavy (non-hydrogen) atoms. The third-order valence-corrected chi connectivity index (χ3v) is 5.34. The molecule has 0 saturated heterocycles. The van der Waals surface area contributed by atoms with E-state index in [0.717, 1.165) is 34.4 Å². The Hall–Kier alpha value is -1.41. The normalized spacial score (nSPS) is 14.7. The summed E-state index contributed by atoms with van der Waals surface area (Å²) in [5.41, 5.74) is 4.50. The van der Waals surface area contributed by atoms with Crippen LogP contribution in [-0.2, 0) is 12.8 Å². The van der Waals surface area contributed by atoms with Crippen LogP contribution in [0.4, 0.5) is 0 Å². The molecule has 104 valence electrons. The molecule has 0 radical (unpaired) electrons. The average molecular weight is 284 g/mol. The van der Waals surface area contributed by atoms with Gasteiger partial charge in [0.25, 0.3) is 0 Å². The second-order valence-electron chi connectivity index (χ2n) is 5.77. The smallest absolute Gasteiger partial charge is 0.203 e. The van der Waals surface area contributed by atoms with Gasteiger partial charge in [0.1, 0.15) is 0 Å².